The molecule has 0 bridgehead atoms. The molecule has 3 aromatic rings. The molecule has 0 aliphatic carbocycles. The third-order valence-electron chi connectivity index (χ3n) is 6.80. The Bertz CT molecular complexity index is 1600. The third-order valence-corrected chi connectivity index (χ3v) is 7.23. The van der Waals surface area contributed by atoms with Gasteiger partial charge in [0.05, 0.1) is 5.71 Å². The van der Waals surface area contributed by atoms with Crippen LogP contribution >= 0.6 is 23.2 Å². The third kappa shape index (κ3) is 6.57. The van der Waals surface area contributed by atoms with E-state index in [2.05, 4.69) is 15.2 Å². The van der Waals surface area contributed by atoms with Crippen LogP contribution in [-0.2, 0) is 10.4 Å². The van der Waals surface area contributed by atoms with Gasteiger partial charge >= 0.3 is 6.18 Å². The van der Waals surface area contributed by atoms with Crippen LogP contribution in [-0.4, -0.2) is 51.7 Å². The maximum absolute atomic E-state index is 14.8. The molecule has 0 N–H and O–H groups in total. The van der Waals surface area contributed by atoms with Crippen LogP contribution in [0.25, 0.3) is 0 Å². The zero-order valence-corrected chi connectivity index (χ0v) is 24.8. The topological polar surface area (TPSA) is 72.6 Å². The van der Waals surface area contributed by atoms with Crippen molar-refractivity contribution in [3.8, 4) is 0 Å². The standard InChI is InChI=1S/C27H22Cl2F9N5O2/c1-11(2)23-39-25(40-43(23)22(35)20(32)33)42(21(34)19(30)31)24(44)17-5-4-13(6-12(17)3)18-10-26(45-41-18,27(36,37)38)14-7-15(28)9-16(29)8-14/h4-9,11,19-22H,10H2,1-3H3. The Morgan fingerprint density at radius 2 is 1.62 bits per heavy atom. The normalized spacial score (nSPS) is 18.4. The smallest absolute Gasteiger partial charge is 0.374 e. The molecule has 1 aliphatic rings. The second kappa shape index (κ2) is 12.7. The summed E-state index contributed by atoms with van der Waals surface area (Å²) in [7, 11) is 0. The molecular formula is C27H22Cl2F9N5O2. The minimum atomic E-state index is -5.00. The largest absolute Gasteiger partial charge is 0.435 e. The summed E-state index contributed by atoms with van der Waals surface area (Å²) in [6, 6.07) is 6.56. The van der Waals surface area contributed by atoms with E-state index in [0.29, 0.717) is 0 Å². The van der Waals surface area contributed by atoms with E-state index in [4.69, 9.17) is 28.0 Å². The molecule has 2 heterocycles. The van der Waals surface area contributed by atoms with Crippen molar-refractivity contribution in [1.82, 2.24) is 14.8 Å². The van der Waals surface area contributed by atoms with Crippen molar-refractivity contribution in [2.75, 3.05) is 4.90 Å². The van der Waals surface area contributed by atoms with Gasteiger partial charge in [-0.3, -0.25) is 4.79 Å². The fraction of sp³-hybridized carbons (Fsp3) is 0.407. The molecule has 4 rings (SSSR count). The van der Waals surface area contributed by atoms with E-state index in [1.807, 2.05) is 0 Å². The van der Waals surface area contributed by atoms with Crippen LogP contribution in [0.2, 0.25) is 10.0 Å². The van der Waals surface area contributed by atoms with Crippen LogP contribution < -0.4 is 4.90 Å². The maximum atomic E-state index is 14.8. The van der Waals surface area contributed by atoms with Crippen molar-refractivity contribution in [2.24, 2.45) is 5.16 Å². The van der Waals surface area contributed by atoms with Crippen molar-refractivity contribution < 1.29 is 49.1 Å². The lowest BCUT2D eigenvalue weighted by molar-refractivity contribution is -0.275. The Morgan fingerprint density at radius 3 is 2.13 bits per heavy atom. The SMILES string of the molecule is Cc1cc(C2=NOC(c3cc(Cl)cc(Cl)c3)(C(F)(F)F)C2)ccc1C(=O)N(c1nc(C(C)C)n(C(F)C(F)F)n1)C(F)C(F)F. The Balaban J connectivity index is 1.71. The highest BCUT2D eigenvalue weighted by Crippen LogP contribution is 2.49. The highest BCUT2D eigenvalue weighted by molar-refractivity contribution is 6.34. The molecule has 0 radical (unpaired) electrons. The summed E-state index contributed by atoms with van der Waals surface area (Å²) in [5.74, 6) is -3.84. The Morgan fingerprint density at radius 1 is 1.00 bits per heavy atom. The average Bonchev–Trinajstić information content (AvgIpc) is 3.58. The first-order valence-corrected chi connectivity index (χ1v) is 13.7. The van der Waals surface area contributed by atoms with Crippen LogP contribution in [0.1, 0.15) is 65.4 Å². The van der Waals surface area contributed by atoms with Gasteiger partial charge in [0.25, 0.3) is 36.6 Å². The molecule has 45 heavy (non-hydrogen) atoms. The van der Waals surface area contributed by atoms with Crippen LogP contribution in [0.5, 0.6) is 0 Å². The molecule has 3 atom stereocenters. The van der Waals surface area contributed by atoms with Crippen molar-refractivity contribution in [3.05, 3.63) is 74.5 Å². The number of halogens is 11. The number of alkyl halides is 9. The predicted molar refractivity (Wildman–Crippen MR) is 146 cm³/mol. The zero-order chi connectivity index (χ0) is 33.6. The van der Waals surface area contributed by atoms with Crippen molar-refractivity contribution >= 4 is 40.8 Å². The average molecular weight is 690 g/mol. The van der Waals surface area contributed by atoms with Gasteiger partial charge in [-0.05, 0) is 48.4 Å². The highest BCUT2D eigenvalue weighted by atomic mass is 35.5. The first kappa shape index (κ1) is 34.3. The van der Waals surface area contributed by atoms with Crippen molar-refractivity contribution in [1.29, 1.82) is 0 Å². The number of carbonyl (C=O) groups excluding carboxylic acids is 1. The minimum Gasteiger partial charge on any atom is -0.374 e. The van der Waals surface area contributed by atoms with Gasteiger partial charge in [0.2, 0.25) is 6.30 Å². The molecule has 1 aromatic heterocycles. The number of anilines is 1. The van der Waals surface area contributed by atoms with Gasteiger partial charge in [0.1, 0.15) is 5.82 Å². The van der Waals surface area contributed by atoms with E-state index in [-0.39, 0.29) is 36.5 Å². The fourth-order valence-electron chi connectivity index (χ4n) is 4.59. The summed E-state index contributed by atoms with van der Waals surface area (Å²) in [4.78, 5) is 21.9. The number of benzene rings is 2. The summed E-state index contributed by atoms with van der Waals surface area (Å²) >= 11 is 11.8. The number of carbonyl (C=O) groups is 1. The van der Waals surface area contributed by atoms with E-state index in [9.17, 15) is 44.3 Å². The van der Waals surface area contributed by atoms with Gasteiger partial charge in [-0.15, -0.1) is 5.10 Å². The molecule has 3 unspecified atom stereocenters. The van der Waals surface area contributed by atoms with Gasteiger partial charge < -0.3 is 4.84 Å². The van der Waals surface area contributed by atoms with Crippen LogP contribution in [0, 0.1) is 6.92 Å². The number of oxime groups is 1. The first-order valence-electron chi connectivity index (χ1n) is 12.9. The molecule has 0 spiro atoms. The van der Waals surface area contributed by atoms with Crippen molar-refractivity contribution in [3.63, 3.8) is 0 Å². The summed E-state index contributed by atoms with van der Waals surface area (Å²) in [6.45, 7) is 4.05. The highest BCUT2D eigenvalue weighted by Gasteiger charge is 2.62. The molecule has 7 nitrogen and oxygen atoms in total. The van der Waals surface area contributed by atoms with Gasteiger partial charge in [-0.2, -0.15) is 18.2 Å². The number of hydrogen-bond donors (Lipinski definition) is 0. The maximum Gasteiger partial charge on any atom is 0.435 e. The Labute approximate surface area is 259 Å². The Hall–Kier alpha value is -3.53. The number of aromatic nitrogens is 3. The molecule has 2 aromatic carbocycles. The van der Waals surface area contributed by atoms with Gasteiger partial charge in [-0.1, -0.05) is 48.3 Å². The monoisotopic (exact) mass is 689 g/mol. The second-order valence-corrected chi connectivity index (χ2v) is 11.2. The van der Waals surface area contributed by atoms with Gasteiger partial charge in [-0.25, -0.2) is 35.9 Å². The predicted octanol–water partition coefficient (Wildman–Crippen LogP) is 8.54. The van der Waals surface area contributed by atoms with Gasteiger partial charge in [0, 0.05) is 33.5 Å². The number of hydrogen-bond acceptors (Lipinski definition) is 5. The minimum absolute atomic E-state index is 0.0298. The van der Waals surface area contributed by atoms with Crippen LogP contribution in [0.3, 0.4) is 0 Å². The number of rotatable bonds is 9. The molecule has 1 amide bonds. The molecule has 18 heteroatoms. The Kier molecular flexibility index (Phi) is 9.69. The fourth-order valence-corrected chi connectivity index (χ4v) is 5.12. The second-order valence-electron chi connectivity index (χ2n) is 10.3. The molecular weight excluding hydrogens is 668 g/mol. The molecule has 0 saturated carbocycles. The first-order chi connectivity index (χ1) is 20.9. The quantitative estimate of drug-likeness (QED) is 0.167. The molecule has 0 fully saturated rings. The number of amides is 1. The van der Waals surface area contributed by atoms with E-state index < -0.39 is 78.4 Å². The zero-order valence-electron chi connectivity index (χ0n) is 23.3. The summed E-state index contributed by atoms with van der Waals surface area (Å²) < 4.78 is 126. The lowest BCUT2D eigenvalue weighted by Gasteiger charge is -2.29. The summed E-state index contributed by atoms with van der Waals surface area (Å²) in [5.41, 5.74) is -4.07. The van der Waals surface area contributed by atoms with E-state index in [0.717, 1.165) is 24.3 Å². The van der Waals surface area contributed by atoms with E-state index >= 15 is 0 Å². The van der Waals surface area contributed by atoms with E-state index in [1.165, 1.54) is 32.9 Å². The van der Waals surface area contributed by atoms with Crippen LogP contribution in [0.4, 0.5) is 45.5 Å². The van der Waals surface area contributed by atoms with Crippen LogP contribution in [0.15, 0.2) is 41.6 Å². The summed E-state index contributed by atoms with van der Waals surface area (Å²) in [5, 5.41) is 6.84. The van der Waals surface area contributed by atoms with E-state index in [1.54, 1.807) is 0 Å². The van der Waals surface area contributed by atoms with Gasteiger partial charge in [0.15, 0.2) is 0 Å². The molecule has 0 saturated heterocycles. The van der Waals surface area contributed by atoms with Crippen molar-refractivity contribution in [2.45, 2.75) is 70.3 Å². The molecule has 244 valence electrons. The summed E-state index contributed by atoms with van der Waals surface area (Å²) in [6.07, 6.45) is -19.7. The number of aryl methyl sites for hydroxylation is 1. The molecule has 1 aliphatic heterocycles. The lowest BCUT2D eigenvalue weighted by atomic mass is 9.86. The number of nitrogens with zero attached hydrogens (tertiary/aromatic N) is 5. The lowest BCUT2D eigenvalue weighted by Crippen LogP contribution is -2.43.